The number of piperazine rings is 1. The molecule has 2 N–H and O–H groups in total. The van der Waals surface area contributed by atoms with Gasteiger partial charge in [0.25, 0.3) is 0 Å². The van der Waals surface area contributed by atoms with Crippen LogP contribution >= 0.6 is 0 Å². The van der Waals surface area contributed by atoms with Crippen LogP contribution in [0.15, 0.2) is 79.4 Å². The second-order valence-corrected chi connectivity index (χ2v) is 9.99. The number of ether oxygens (including phenoxy) is 1. The highest BCUT2D eigenvalue weighted by Gasteiger charge is 2.33. The first-order valence-corrected chi connectivity index (χ1v) is 13.5. The number of nitrogens with zero attached hydrogens (tertiary/aromatic N) is 6. The van der Waals surface area contributed by atoms with Crippen LogP contribution in [0.4, 0.5) is 16.3 Å². The van der Waals surface area contributed by atoms with Gasteiger partial charge in [0.1, 0.15) is 17.9 Å². The number of methoxy groups -OCH3 is 1. The molecule has 11 heteroatoms. The maximum Gasteiger partial charge on any atom is 0.321 e. The number of anilines is 2. The van der Waals surface area contributed by atoms with Gasteiger partial charge in [-0.25, -0.2) is 14.8 Å². The number of urea groups is 1. The van der Waals surface area contributed by atoms with Gasteiger partial charge in [-0.05, 0) is 43.7 Å². The number of rotatable bonds is 8. The van der Waals surface area contributed by atoms with Gasteiger partial charge < -0.3 is 25.2 Å². The van der Waals surface area contributed by atoms with E-state index in [2.05, 4.69) is 25.5 Å². The number of carbonyl (C=O) groups is 2. The molecule has 0 radical (unpaired) electrons. The van der Waals surface area contributed by atoms with Crippen LogP contribution in [0, 0.1) is 6.92 Å². The van der Waals surface area contributed by atoms with E-state index in [1.54, 1.807) is 35.3 Å². The van der Waals surface area contributed by atoms with Crippen molar-refractivity contribution in [2.24, 2.45) is 0 Å². The van der Waals surface area contributed by atoms with Gasteiger partial charge in [0.05, 0.1) is 19.2 Å². The van der Waals surface area contributed by atoms with Crippen molar-refractivity contribution in [1.82, 2.24) is 29.7 Å². The van der Waals surface area contributed by atoms with Crippen LogP contribution in [0.2, 0.25) is 0 Å². The molecule has 2 aromatic heterocycles. The van der Waals surface area contributed by atoms with Gasteiger partial charge in [0.2, 0.25) is 11.9 Å². The molecule has 3 amide bonds. The van der Waals surface area contributed by atoms with E-state index in [4.69, 9.17) is 9.72 Å². The van der Waals surface area contributed by atoms with E-state index in [1.807, 2.05) is 74.5 Å². The van der Waals surface area contributed by atoms with E-state index in [0.29, 0.717) is 31.4 Å². The van der Waals surface area contributed by atoms with Gasteiger partial charge in [0, 0.05) is 55.9 Å². The lowest BCUT2D eigenvalue weighted by atomic mass is 10.1. The standard InChI is InChI=1S/C30H34N8O3/c1-21-17-27(35-29(32-21)37-14-13-31-20-37)38-16-15-36(30(40)34-24-7-5-4-6-8-24)19-25(38)18-28(39)33-22(2)23-9-11-26(41-3)12-10-23/h4-14,17,20,22,25H,15-16,18-19H2,1-3H3,(H,33,39)(H,34,40). The molecule has 5 rings (SSSR count). The van der Waals surface area contributed by atoms with Gasteiger partial charge >= 0.3 is 6.03 Å². The Morgan fingerprint density at radius 1 is 1.07 bits per heavy atom. The molecule has 2 aromatic carbocycles. The molecule has 1 fully saturated rings. The first kappa shape index (κ1) is 27.6. The van der Waals surface area contributed by atoms with Gasteiger partial charge in [-0.15, -0.1) is 0 Å². The topological polar surface area (TPSA) is 118 Å². The molecule has 1 aliphatic heterocycles. The van der Waals surface area contributed by atoms with E-state index >= 15 is 0 Å². The molecule has 0 aliphatic carbocycles. The Bertz CT molecular complexity index is 1460. The van der Waals surface area contributed by atoms with Crippen LogP contribution in [0.1, 0.15) is 30.6 Å². The molecular formula is C30H34N8O3. The monoisotopic (exact) mass is 554 g/mol. The quantitative estimate of drug-likeness (QED) is 0.338. The molecule has 0 saturated carbocycles. The summed E-state index contributed by atoms with van der Waals surface area (Å²) in [5.74, 6) is 1.84. The molecule has 3 heterocycles. The summed E-state index contributed by atoms with van der Waals surface area (Å²) in [4.78, 5) is 43.8. The number of aryl methyl sites for hydroxylation is 1. The Morgan fingerprint density at radius 2 is 1.85 bits per heavy atom. The van der Waals surface area contributed by atoms with Gasteiger partial charge in [0.15, 0.2) is 0 Å². The van der Waals surface area contributed by atoms with Crippen molar-refractivity contribution in [1.29, 1.82) is 0 Å². The average molecular weight is 555 g/mol. The fraction of sp³-hybridized carbons (Fsp3) is 0.300. The van der Waals surface area contributed by atoms with Crippen LogP contribution in [-0.4, -0.2) is 69.1 Å². The number of benzene rings is 2. The maximum absolute atomic E-state index is 13.4. The fourth-order valence-corrected chi connectivity index (χ4v) is 4.91. The zero-order chi connectivity index (χ0) is 28.8. The van der Waals surface area contributed by atoms with E-state index in [-0.39, 0.29) is 30.4 Å². The molecule has 1 saturated heterocycles. The van der Waals surface area contributed by atoms with E-state index < -0.39 is 0 Å². The molecular weight excluding hydrogens is 520 g/mol. The number of aromatic nitrogens is 4. The number of nitrogens with one attached hydrogen (secondary N) is 2. The number of para-hydroxylation sites is 1. The van der Waals surface area contributed by atoms with Crippen molar-refractivity contribution < 1.29 is 14.3 Å². The second-order valence-electron chi connectivity index (χ2n) is 9.99. The second kappa shape index (κ2) is 12.5. The lowest BCUT2D eigenvalue weighted by Crippen LogP contribution is -2.57. The summed E-state index contributed by atoms with van der Waals surface area (Å²) in [5, 5.41) is 6.07. The average Bonchev–Trinajstić information content (AvgIpc) is 3.53. The minimum atomic E-state index is -0.307. The zero-order valence-corrected chi connectivity index (χ0v) is 23.4. The summed E-state index contributed by atoms with van der Waals surface area (Å²) in [7, 11) is 1.62. The van der Waals surface area contributed by atoms with Crippen molar-refractivity contribution in [2.45, 2.75) is 32.4 Å². The summed E-state index contributed by atoms with van der Waals surface area (Å²) in [6.45, 7) is 5.19. The lowest BCUT2D eigenvalue weighted by molar-refractivity contribution is -0.122. The molecule has 2 unspecified atom stereocenters. The Labute approximate surface area is 239 Å². The minimum absolute atomic E-state index is 0.116. The Hall–Kier alpha value is -4.93. The van der Waals surface area contributed by atoms with Crippen LogP contribution in [0.25, 0.3) is 5.95 Å². The van der Waals surface area contributed by atoms with Crippen molar-refractivity contribution in [2.75, 3.05) is 37.0 Å². The molecule has 2 atom stereocenters. The highest BCUT2D eigenvalue weighted by atomic mass is 16.5. The Kier molecular flexibility index (Phi) is 8.42. The van der Waals surface area contributed by atoms with Crippen LogP contribution in [0.5, 0.6) is 5.75 Å². The maximum atomic E-state index is 13.4. The molecule has 11 nitrogen and oxygen atoms in total. The molecule has 0 spiro atoms. The SMILES string of the molecule is COc1ccc(C(C)NC(=O)CC2CN(C(=O)Nc3ccccc3)CCN2c2cc(C)nc(-n3ccnc3)n2)cc1. The van der Waals surface area contributed by atoms with Gasteiger partial charge in [-0.1, -0.05) is 30.3 Å². The van der Waals surface area contributed by atoms with Crippen molar-refractivity contribution >= 4 is 23.4 Å². The third-order valence-corrected chi connectivity index (χ3v) is 7.07. The number of amides is 3. The Balaban J connectivity index is 1.35. The molecule has 1 aliphatic rings. The highest BCUT2D eigenvalue weighted by Crippen LogP contribution is 2.24. The zero-order valence-electron chi connectivity index (χ0n) is 23.4. The number of carbonyl (C=O) groups excluding carboxylic acids is 2. The number of imidazole rings is 1. The lowest BCUT2D eigenvalue weighted by Gasteiger charge is -2.42. The first-order chi connectivity index (χ1) is 19.9. The molecule has 0 bridgehead atoms. The normalized spacial score (nSPS) is 15.7. The Morgan fingerprint density at radius 3 is 2.56 bits per heavy atom. The van der Waals surface area contributed by atoms with Crippen molar-refractivity contribution in [3.05, 3.63) is 90.6 Å². The van der Waals surface area contributed by atoms with Crippen molar-refractivity contribution in [3.63, 3.8) is 0 Å². The van der Waals surface area contributed by atoms with Crippen LogP contribution in [0.3, 0.4) is 0 Å². The smallest absolute Gasteiger partial charge is 0.321 e. The van der Waals surface area contributed by atoms with Crippen LogP contribution in [-0.2, 0) is 4.79 Å². The molecule has 4 aromatic rings. The first-order valence-electron chi connectivity index (χ1n) is 13.5. The minimum Gasteiger partial charge on any atom is -0.497 e. The summed E-state index contributed by atoms with van der Waals surface area (Å²) in [5.41, 5.74) is 2.48. The van der Waals surface area contributed by atoms with E-state index in [1.165, 1.54) is 0 Å². The van der Waals surface area contributed by atoms with E-state index in [9.17, 15) is 9.59 Å². The number of hydrogen-bond donors (Lipinski definition) is 2. The van der Waals surface area contributed by atoms with Gasteiger partial charge in [-0.2, -0.15) is 4.98 Å². The third kappa shape index (κ3) is 6.81. The molecule has 212 valence electrons. The summed E-state index contributed by atoms with van der Waals surface area (Å²) in [6.07, 6.45) is 5.29. The van der Waals surface area contributed by atoms with Gasteiger partial charge in [-0.3, -0.25) is 9.36 Å². The van der Waals surface area contributed by atoms with Crippen LogP contribution < -0.4 is 20.3 Å². The summed E-state index contributed by atoms with van der Waals surface area (Å²) in [6, 6.07) is 18.2. The highest BCUT2D eigenvalue weighted by molar-refractivity contribution is 5.89. The van der Waals surface area contributed by atoms with E-state index in [0.717, 1.165) is 22.7 Å². The fourth-order valence-electron chi connectivity index (χ4n) is 4.91. The summed E-state index contributed by atoms with van der Waals surface area (Å²) >= 11 is 0. The summed E-state index contributed by atoms with van der Waals surface area (Å²) < 4.78 is 6.99. The largest absolute Gasteiger partial charge is 0.497 e. The molecule has 41 heavy (non-hydrogen) atoms. The van der Waals surface area contributed by atoms with Crippen molar-refractivity contribution in [3.8, 4) is 11.7 Å². The number of hydrogen-bond acceptors (Lipinski definition) is 7. The predicted molar refractivity (Wildman–Crippen MR) is 156 cm³/mol. The predicted octanol–water partition coefficient (Wildman–Crippen LogP) is 3.97. The third-order valence-electron chi connectivity index (χ3n) is 7.07.